The van der Waals surface area contributed by atoms with Gasteiger partial charge in [-0.2, -0.15) is 0 Å². The second kappa shape index (κ2) is 6.59. The molecule has 0 radical (unpaired) electrons. The lowest BCUT2D eigenvalue weighted by Crippen LogP contribution is -2.42. The topological polar surface area (TPSA) is 49.4 Å². The third-order valence-electron chi connectivity index (χ3n) is 3.82. The lowest BCUT2D eigenvalue weighted by Gasteiger charge is -2.28. The van der Waals surface area contributed by atoms with Gasteiger partial charge in [0.15, 0.2) is 0 Å². The van der Waals surface area contributed by atoms with Crippen molar-refractivity contribution in [1.29, 1.82) is 0 Å². The minimum atomic E-state index is -3.30. The summed E-state index contributed by atoms with van der Waals surface area (Å²) in [4.78, 5) is 0. The Morgan fingerprint density at radius 1 is 1.30 bits per heavy atom. The third kappa shape index (κ3) is 3.15. The highest BCUT2D eigenvalue weighted by Crippen LogP contribution is 2.29. The molecule has 1 aromatic rings. The van der Waals surface area contributed by atoms with Gasteiger partial charge >= 0.3 is 0 Å². The summed E-state index contributed by atoms with van der Waals surface area (Å²) >= 11 is 0. The van der Waals surface area contributed by atoms with Gasteiger partial charge in [-0.1, -0.05) is 25.1 Å². The minimum absolute atomic E-state index is 0.409. The second-order valence-electron chi connectivity index (χ2n) is 5.32. The molecule has 0 spiro atoms. The minimum Gasteiger partial charge on any atom is -0.316 e. The lowest BCUT2D eigenvalue weighted by molar-refractivity contribution is 0.568. The lowest BCUT2D eigenvalue weighted by atomic mass is 10.1. The maximum absolute atomic E-state index is 12.8. The van der Waals surface area contributed by atoms with E-state index in [2.05, 4.69) is 5.32 Å². The number of nitrogens with one attached hydrogen (secondary N) is 1. The van der Waals surface area contributed by atoms with Gasteiger partial charge in [-0.3, -0.25) is 4.31 Å². The predicted molar refractivity (Wildman–Crippen MR) is 83.7 cm³/mol. The average Bonchev–Trinajstić information content (AvgIpc) is 2.67. The van der Waals surface area contributed by atoms with Crippen LogP contribution in [0.4, 0.5) is 5.69 Å². The predicted octanol–water partition coefficient (Wildman–Crippen LogP) is 2.16. The second-order valence-corrected chi connectivity index (χ2v) is 7.60. The van der Waals surface area contributed by atoms with Crippen LogP contribution < -0.4 is 9.62 Å². The molecule has 1 aliphatic rings. The summed E-state index contributed by atoms with van der Waals surface area (Å²) in [6.45, 7) is 5.65. The van der Waals surface area contributed by atoms with E-state index in [4.69, 9.17) is 0 Å². The molecule has 5 heteroatoms. The van der Waals surface area contributed by atoms with Crippen LogP contribution in [-0.4, -0.2) is 33.3 Å². The first kappa shape index (κ1) is 15.3. The van der Waals surface area contributed by atoms with E-state index in [9.17, 15) is 8.42 Å². The molecule has 0 fully saturated rings. The fraction of sp³-hybridized carbons (Fsp3) is 0.600. The zero-order valence-electron chi connectivity index (χ0n) is 12.3. The first-order chi connectivity index (χ1) is 9.57. The van der Waals surface area contributed by atoms with Crippen LogP contribution in [0.3, 0.4) is 0 Å². The van der Waals surface area contributed by atoms with Crippen molar-refractivity contribution in [1.82, 2.24) is 5.32 Å². The fourth-order valence-electron chi connectivity index (χ4n) is 2.59. The number of hydrogen-bond donors (Lipinski definition) is 1. The average molecular weight is 296 g/mol. The van der Waals surface area contributed by atoms with Gasteiger partial charge in [-0.25, -0.2) is 8.42 Å². The van der Waals surface area contributed by atoms with Crippen molar-refractivity contribution in [3.63, 3.8) is 0 Å². The van der Waals surface area contributed by atoms with Crippen LogP contribution in [0.15, 0.2) is 24.3 Å². The van der Waals surface area contributed by atoms with Gasteiger partial charge in [0.05, 0.1) is 10.9 Å². The summed E-state index contributed by atoms with van der Waals surface area (Å²) in [5.74, 6) is 0. The largest absolute Gasteiger partial charge is 0.316 e. The molecule has 20 heavy (non-hydrogen) atoms. The Morgan fingerprint density at radius 2 is 2.05 bits per heavy atom. The van der Waals surface area contributed by atoms with Gasteiger partial charge in [-0.15, -0.1) is 0 Å². The zero-order chi connectivity index (χ0) is 14.6. The normalized spacial score (nSPS) is 17.4. The summed E-state index contributed by atoms with van der Waals surface area (Å²) < 4.78 is 27.2. The molecule has 1 aromatic carbocycles. The molecule has 1 N–H and O–H groups in total. The van der Waals surface area contributed by atoms with Crippen LogP contribution >= 0.6 is 0 Å². The SMILES string of the molecule is CCNCC(C)S(=O)(=O)N1CCCCc2ccccc21. The van der Waals surface area contributed by atoms with E-state index in [1.165, 1.54) is 0 Å². The maximum Gasteiger partial charge on any atom is 0.239 e. The summed E-state index contributed by atoms with van der Waals surface area (Å²) in [6.07, 6.45) is 2.93. The summed E-state index contributed by atoms with van der Waals surface area (Å²) in [6, 6.07) is 7.87. The molecule has 0 saturated carbocycles. The quantitative estimate of drug-likeness (QED) is 0.906. The van der Waals surface area contributed by atoms with Crippen molar-refractivity contribution in [3.05, 3.63) is 29.8 Å². The molecule has 1 unspecified atom stereocenters. The molecule has 2 rings (SSSR count). The number of benzene rings is 1. The summed E-state index contributed by atoms with van der Waals surface area (Å²) in [5, 5.41) is 2.72. The van der Waals surface area contributed by atoms with E-state index >= 15 is 0 Å². The van der Waals surface area contributed by atoms with Crippen LogP contribution in [0.25, 0.3) is 0 Å². The fourth-order valence-corrected chi connectivity index (χ4v) is 4.19. The van der Waals surface area contributed by atoms with Gasteiger partial charge in [0.1, 0.15) is 0 Å². The summed E-state index contributed by atoms with van der Waals surface area (Å²) in [5.41, 5.74) is 2.01. The maximum atomic E-state index is 12.8. The molecular weight excluding hydrogens is 272 g/mol. The number of sulfonamides is 1. The van der Waals surface area contributed by atoms with Crippen LogP contribution in [0.1, 0.15) is 32.3 Å². The van der Waals surface area contributed by atoms with Crippen LogP contribution in [-0.2, 0) is 16.4 Å². The van der Waals surface area contributed by atoms with Crippen LogP contribution in [0.2, 0.25) is 0 Å². The molecule has 1 heterocycles. The highest BCUT2D eigenvalue weighted by molar-refractivity contribution is 7.93. The number of nitrogens with zero attached hydrogens (tertiary/aromatic N) is 1. The number of para-hydroxylation sites is 1. The number of aryl methyl sites for hydroxylation is 1. The van der Waals surface area contributed by atoms with E-state index < -0.39 is 15.3 Å². The van der Waals surface area contributed by atoms with Crippen LogP contribution in [0.5, 0.6) is 0 Å². The molecule has 112 valence electrons. The van der Waals surface area contributed by atoms with Crippen molar-refractivity contribution in [2.24, 2.45) is 0 Å². The number of anilines is 1. The molecule has 0 aliphatic carbocycles. The monoisotopic (exact) mass is 296 g/mol. The Kier molecular flexibility index (Phi) is 5.05. The molecule has 0 saturated heterocycles. The van der Waals surface area contributed by atoms with E-state index in [0.29, 0.717) is 13.1 Å². The highest BCUT2D eigenvalue weighted by atomic mass is 32.2. The van der Waals surface area contributed by atoms with E-state index in [1.54, 1.807) is 11.2 Å². The van der Waals surface area contributed by atoms with E-state index in [-0.39, 0.29) is 0 Å². The number of hydrogen-bond acceptors (Lipinski definition) is 3. The molecule has 1 aliphatic heterocycles. The van der Waals surface area contributed by atoms with Gasteiger partial charge < -0.3 is 5.32 Å². The molecule has 0 bridgehead atoms. The smallest absolute Gasteiger partial charge is 0.239 e. The molecule has 0 aromatic heterocycles. The van der Waals surface area contributed by atoms with Crippen molar-refractivity contribution in [2.45, 2.75) is 38.4 Å². The third-order valence-corrected chi connectivity index (χ3v) is 5.99. The molecular formula is C15H24N2O2S. The van der Waals surface area contributed by atoms with E-state index in [1.807, 2.05) is 31.2 Å². The summed E-state index contributed by atoms with van der Waals surface area (Å²) in [7, 11) is -3.30. The zero-order valence-corrected chi connectivity index (χ0v) is 13.1. The number of rotatable bonds is 5. The Bertz CT molecular complexity index is 543. The Labute approximate surface area is 122 Å². The standard InChI is InChI=1S/C15H24N2O2S/c1-3-16-12-13(2)20(18,19)17-11-7-6-9-14-8-4-5-10-15(14)17/h4-5,8,10,13,16H,3,6-7,9,11-12H2,1-2H3. The highest BCUT2D eigenvalue weighted by Gasteiger charge is 2.30. The first-order valence-electron chi connectivity index (χ1n) is 7.37. The van der Waals surface area contributed by atoms with Gasteiger partial charge in [0, 0.05) is 13.1 Å². The molecule has 4 nitrogen and oxygen atoms in total. The van der Waals surface area contributed by atoms with Gasteiger partial charge in [-0.05, 0) is 44.4 Å². The number of fused-ring (bicyclic) bond motifs is 1. The van der Waals surface area contributed by atoms with Gasteiger partial charge in [0.25, 0.3) is 0 Å². The Hall–Kier alpha value is -1.07. The van der Waals surface area contributed by atoms with E-state index in [0.717, 1.165) is 37.1 Å². The first-order valence-corrected chi connectivity index (χ1v) is 8.88. The molecule has 0 amide bonds. The Morgan fingerprint density at radius 3 is 2.80 bits per heavy atom. The van der Waals surface area contributed by atoms with Gasteiger partial charge in [0.2, 0.25) is 10.0 Å². The van der Waals surface area contributed by atoms with Crippen molar-refractivity contribution >= 4 is 15.7 Å². The van der Waals surface area contributed by atoms with Crippen molar-refractivity contribution in [3.8, 4) is 0 Å². The Balaban J connectivity index is 2.31. The van der Waals surface area contributed by atoms with Crippen molar-refractivity contribution < 1.29 is 8.42 Å². The van der Waals surface area contributed by atoms with Crippen molar-refractivity contribution in [2.75, 3.05) is 23.9 Å². The molecule has 1 atom stereocenters. The van der Waals surface area contributed by atoms with Crippen LogP contribution in [0, 0.1) is 0 Å².